The van der Waals surface area contributed by atoms with E-state index in [-0.39, 0.29) is 5.41 Å². The zero-order chi connectivity index (χ0) is 18.0. The zero-order valence-corrected chi connectivity index (χ0v) is 15.9. The first-order chi connectivity index (χ1) is 12.7. The maximum atomic E-state index is 5.05. The number of benzene rings is 1. The van der Waals surface area contributed by atoms with Crippen molar-refractivity contribution in [2.24, 2.45) is 12.0 Å². The van der Waals surface area contributed by atoms with E-state index < -0.39 is 0 Å². The van der Waals surface area contributed by atoms with Crippen LogP contribution in [0, 0.1) is 0 Å². The van der Waals surface area contributed by atoms with Crippen LogP contribution in [0.3, 0.4) is 0 Å². The third-order valence-corrected chi connectivity index (χ3v) is 5.79. The smallest absolute Gasteiger partial charge is 0.193 e. The third-order valence-electron chi connectivity index (χ3n) is 5.79. The van der Waals surface area contributed by atoms with Crippen LogP contribution in [0.5, 0.6) is 0 Å². The molecular weight excluding hydrogens is 322 g/mol. The van der Waals surface area contributed by atoms with Gasteiger partial charge in [-0.2, -0.15) is 5.10 Å². The monoisotopic (exact) mass is 351 g/mol. The van der Waals surface area contributed by atoms with Crippen LogP contribution in [0.2, 0.25) is 0 Å². The highest BCUT2D eigenvalue weighted by Crippen LogP contribution is 2.48. The predicted octanol–water partition coefficient (Wildman–Crippen LogP) is 2.91. The summed E-state index contributed by atoms with van der Waals surface area (Å²) in [5.74, 6) is 1.62. The molecule has 5 heteroatoms. The molecule has 0 bridgehead atoms. The van der Waals surface area contributed by atoms with Gasteiger partial charge in [0.1, 0.15) is 0 Å². The number of nitrogens with one attached hydrogen (secondary N) is 1. The second kappa shape index (κ2) is 7.14. The Bertz CT molecular complexity index is 760. The molecule has 4 rings (SSSR count). The summed E-state index contributed by atoms with van der Waals surface area (Å²) < 4.78 is 1.90. The molecule has 26 heavy (non-hydrogen) atoms. The molecule has 0 spiro atoms. The first-order valence-electron chi connectivity index (χ1n) is 9.77. The van der Waals surface area contributed by atoms with E-state index in [0.717, 1.165) is 32.1 Å². The molecular formula is C21H29N5. The highest BCUT2D eigenvalue weighted by atomic mass is 15.3. The molecule has 0 amide bonds. The van der Waals surface area contributed by atoms with Gasteiger partial charge in [0.05, 0.1) is 12.7 Å². The molecule has 0 radical (unpaired) electrons. The number of guanidine groups is 1. The van der Waals surface area contributed by atoms with E-state index in [1.54, 1.807) is 0 Å². The van der Waals surface area contributed by atoms with E-state index in [1.165, 1.54) is 30.4 Å². The summed E-state index contributed by atoms with van der Waals surface area (Å²) in [6.45, 7) is 6.02. The molecule has 1 saturated carbocycles. The molecule has 1 aliphatic heterocycles. The minimum Gasteiger partial charge on any atom is -0.357 e. The van der Waals surface area contributed by atoms with Gasteiger partial charge in [0, 0.05) is 44.2 Å². The lowest BCUT2D eigenvalue weighted by molar-refractivity contribution is 0.483. The fraction of sp³-hybridized carbons (Fsp3) is 0.524. The van der Waals surface area contributed by atoms with E-state index in [9.17, 15) is 0 Å². The molecule has 2 aromatic rings. The van der Waals surface area contributed by atoms with Crippen LogP contribution in [-0.2, 0) is 12.5 Å². The Morgan fingerprint density at radius 3 is 2.77 bits per heavy atom. The van der Waals surface area contributed by atoms with Gasteiger partial charge in [0.15, 0.2) is 5.96 Å². The summed E-state index contributed by atoms with van der Waals surface area (Å²) in [4.78, 5) is 7.47. The van der Waals surface area contributed by atoms with E-state index in [0.29, 0.717) is 5.92 Å². The van der Waals surface area contributed by atoms with Gasteiger partial charge < -0.3 is 10.2 Å². The fourth-order valence-corrected chi connectivity index (χ4v) is 4.01. The zero-order valence-electron chi connectivity index (χ0n) is 15.9. The highest BCUT2D eigenvalue weighted by molar-refractivity contribution is 5.80. The van der Waals surface area contributed by atoms with Crippen LogP contribution in [0.1, 0.15) is 43.2 Å². The number of aryl methyl sites for hydroxylation is 1. The fourth-order valence-electron chi connectivity index (χ4n) is 4.01. The number of hydrogen-bond acceptors (Lipinski definition) is 2. The Kier molecular flexibility index (Phi) is 4.70. The summed E-state index contributed by atoms with van der Waals surface area (Å²) in [7, 11) is 1.99. The van der Waals surface area contributed by atoms with E-state index >= 15 is 0 Å². The molecule has 1 atom stereocenters. The highest BCUT2D eigenvalue weighted by Gasteiger charge is 2.44. The average molecular weight is 351 g/mol. The molecule has 138 valence electrons. The Morgan fingerprint density at radius 1 is 1.31 bits per heavy atom. The van der Waals surface area contributed by atoms with Crippen LogP contribution in [0.25, 0.3) is 0 Å². The molecule has 5 nitrogen and oxygen atoms in total. The topological polar surface area (TPSA) is 45.5 Å². The molecule has 2 aliphatic rings. The van der Waals surface area contributed by atoms with Crippen molar-refractivity contribution in [3.63, 3.8) is 0 Å². The molecule has 1 aliphatic carbocycles. The second-order valence-corrected chi connectivity index (χ2v) is 7.70. The van der Waals surface area contributed by atoms with Crippen LogP contribution in [0.4, 0.5) is 0 Å². The van der Waals surface area contributed by atoms with Crippen molar-refractivity contribution in [3.05, 3.63) is 53.9 Å². The van der Waals surface area contributed by atoms with Gasteiger partial charge >= 0.3 is 0 Å². The standard InChI is InChI=1S/C21H29N5/c1-3-22-20(23-16-21(10-11-21)19-7-5-4-6-8-19)26-12-9-17(15-26)18-13-24-25(2)14-18/h4-8,13-14,17H,3,9-12,15-16H2,1-2H3,(H,22,23). The van der Waals surface area contributed by atoms with Gasteiger partial charge in [-0.25, -0.2) is 0 Å². The molecule has 1 unspecified atom stereocenters. The second-order valence-electron chi connectivity index (χ2n) is 7.70. The van der Waals surface area contributed by atoms with E-state index in [2.05, 4.69) is 58.8 Å². The SMILES string of the molecule is CCNC(=NCC1(c2ccccc2)CC1)N1CCC(c2cnn(C)c2)C1. The lowest BCUT2D eigenvalue weighted by Gasteiger charge is -2.23. The summed E-state index contributed by atoms with van der Waals surface area (Å²) in [5.41, 5.74) is 3.05. The van der Waals surface area contributed by atoms with Crippen molar-refractivity contribution in [3.8, 4) is 0 Å². The summed E-state index contributed by atoms with van der Waals surface area (Å²) in [6.07, 6.45) is 7.82. The van der Waals surface area contributed by atoms with Crippen LogP contribution in [-0.4, -0.2) is 46.8 Å². The average Bonchev–Trinajstić information content (AvgIpc) is 3.08. The van der Waals surface area contributed by atoms with Crippen molar-refractivity contribution in [1.82, 2.24) is 20.0 Å². The molecule has 1 N–H and O–H groups in total. The Morgan fingerprint density at radius 2 is 2.12 bits per heavy atom. The number of aromatic nitrogens is 2. The third kappa shape index (κ3) is 3.48. The number of rotatable bonds is 5. The van der Waals surface area contributed by atoms with Gasteiger partial charge in [0.25, 0.3) is 0 Å². The minimum atomic E-state index is 0.268. The van der Waals surface area contributed by atoms with Gasteiger partial charge in [0.2, 0.25) is 0 Å². The lowest BCUT2D eigenvalue weighted by Crippen LogP contribution is -2.40. The molecule has 1 aromatic heterocycles. The van der Waals surface area contributed by atoms with Crippen LogP contribution in [0.15, 0.2) is 47.7 Å². The largest absolute Gasteiger partial charge is 0.357 e. The Balaban J connectivity index is 1.45. The van der Waals surface area contributed by atoms with Gasteiger partial charge in [-0.1, -0.05) is 30.3 Å². The minimum absolute atomic E-state index is 0.268. The molecule has 2 heterocycles. The summed E-state index contributed by atoms with van der Waals surface area (Å²) in [6, 6.07) is 10.9. The normalized spacial score (nSPS) is 21.8. The van der Waals surface area contributed by atoms with Crippen molar-refractivity contribution in [2.45, 2.75) is 37.5 Å². The van der Waals surface area contributed by atoms with Crippen LogP contribution >= 0.6 is 0 Å². The number of hydrogen-bond donors (Lipinski definition) is 1. The van der Waals surface area contributed by atoms with E-state index in [4.69, 9.17) is 4.99 Å². The first kappa shape index (κ1) is 17.1. The number of aliphatic imine (C=N–C) groups is 1. The molecule has 1 saturated heterocycles. The van der Waals surface area contributed by atoms with Crippen molar-refractivity contribution in [1.29, 1.82) is 0 Å². The summed E-state index contributed by atoms with van der Waals surface area (Å²) in [5, 5.41) is 7.84. The summed E-state index contributed by atoms with van der Waals surface area (Å²) >= 11 is 0. The lowest BCUT2D eigenvalue weighted by atomic mass is 9.96. The predicted molar refractivity (Wildman–Crippen MR) is 105 cm³/mol. The van der Waals surface area contributed by atoms with Gasteiger partial charge in [-0.3, -0.25) is 9.67 Å². The van der Waals surface area contributed by atoms with Crippen molar-refractivity contribution in [2.75, 3.05) is 26.2 Å². The number of likely N-dealkylation sites (tertiary alicyclic amines) is 1. The van der Waals surface area contributed by atoms with Gasteiger partial charge in [-0.15, -0.1) is 0 Å². The van der Waals surface area contributed by atoms with Crippen molar-refractivity contribution >= 4 is 5.96 Å². The molecule has 1 aromatic carbocycles. The van der Waals surface area contributed by atoms with Gasteiger partial charge in [-0.05, 0) is 37.3 Å². The van der Waals surface area contributed by atoms with Crippen LogP contribution < -0.4 is 5.32 Å². The first-order valence-corrected chi connectivity index (χ1v) is 9.77. The van der Waals surface area contributed by atoms with Crippen molar-refractivity contribution < 1.29 is 0 Å². The Hall–Kier alpha value is -2.30. The number of nitrogens with zero attached hydrogens (tertiary/aromatic N) is 4. The maximum absolute atomic E-state index is 5.05. The quantitative estimate of drug-likeness (QED) is 0.665. The van der Waals surface area contributed by atoms with E-state index in [1.807, 2.05) is 17.9 Å². The Labute approximate surface area is 156 Å². The molecule has 2 fully saturated rings. The maximum Gasteiger partial charge on any atom is 0.193 e.